The highest BCUT2D eigenvalue weighted by atomic mass is 32.1. The Kier molecular flexibility index (Phi) is 4.76. The average Bonchev–Trinajstić information content (AvgIpc) is 3.18. The Morgan fingerprint density at radius 2 is 2.09 bits per heavy atom. The second-order valence-electron chi connectivity index (χ2n) is 5.96. The van der Waals surface area contributed by atoms with Crippen molar-refractivity contribution in [3.05, 3.63) is 57.8 Å². The zero-order valence-corrected chi connectivity index (χ0v) is 13.9. The maximum atomic E-state index is 12.2. The third-order valence-electron chi connectivity index (χ3n) is 4.10. The summed E-state index contributed by atoms with van der Waals surface area (Å²) in [5, 5.41) is 4.92. The Morgan fingerprint density at radius 3 is 2.78 bits per heavy atom. The van der Waals surface area contributed by atoms with Gasteiger partial charge in [-0.15, -0.1) is 11.3 Å². The monoisotopic (exact) mass is 328 g/mol. The molecule has 0 aliphatic carbocycles. The van der Waals surface area contributed by atoms with Crippen LogP contribution in [0.15, 0.2) is 41.8 Å². The molecule has 0 spiro atoms. The lowest BCUT2D eigenvalue weighted by molar-refractivity contribution is -0.129. The van der Waals surface area contributed by atoms with Gasteiger partial charge in [-0.3, -0.25) is 9.59 Å². The van der Waals surface area contributed by atoms with Gasteiger partial charge in [0.2, 0.25) is 11.8 Å². The minimum atomic E-state index is -0.243. The molecule has 2 amide bonds. The number of carbonyl (C=O) groups is 2. The number of nitrogens with one attached hydrogen (secondary N) is 1. The summed E-state index contributed by atoms with van der Waals surface area (Å²) in [5.74, 6) is -0.215. The van der Waals surface area contributed by atoms with Crippen molar-refractivity contribution in [3.63, 3.8) is 0 Å². The van der Waals surface area contributed by atoms with Gasteiger partial charge >= 0.3 is 0 Å². The number of hydrogen-bond donors (Lipinski definition) is 1. The predicted molar refractivity (Wildman–Crippen MR) is 90.9 cm³/mol. The van der Waals surface area contributed by atoms with Crippen LogP contribution in [-0.4, -0.2) is 23.3 Å². The molecule has 1 N–H and O–H groups in total. The molecule has 0 unspecified atom stereocenters. The number of rotatable bonds is 5. The molecule has 0 radical (unpaired) electrons. The average molecular weight is 328 g/mol. The molecule has 1 aromatic heterocycles. The van der Waals surface area contributed by atoms with Gasteiger partial charge in [0.05, 0.1) is 12.5 Å². The van der Waals surface area contributed by atoms with Gasteiger partial charge in [0.25, 0.3) is 0 Å². The molecule has 5 heteroatoms. The normalized spacial score (nSPS) is 17.5. The van der Waals surface area contributed by atoms with Crippen molar-refractivity contribution < 1.29 is 9.59 Å². The SMILES string of the molecule is Cc1ccc(CN2C[C@@H](C(=O)NCc3cccs3)CC2=O)cc1. The highest BCUT2D eigenvalue weighted by molar-refractivity contribution is 7.09. The van der Waals surface area contributed by atoms with Crippen LogP contribution in [0.5, 0.6) is 0 Å². The van der Waals surface area contributed by atoms with Crippen molar-refractivity contribution in [1.29, 1.82) is 0 Å². The Labute approximate surface area is 140 Å². The largest absolute Gasteiger partial charge is 0.351 e. The van der Waals surface area contributed by atoms with Gasteiger partial charge < -0.3 is 10.2 Å². The molecule has 1 fully saturated rings. The number of amides is 2. The van der Waals surface area contributed by atoms with Crippen LogP contribution in [0.4, 0.5) is 0 Å². The van der Waals surface area contributed by atoms with Crippen molar-refractivity contribution in [3.8, 4) is 0 Å². The van der Waals surface area contributed by atoms with Crippen molar-refractivity contribution in [2.45, 2.75) is 26.4 Å². The van der Waals surface area contributed by atoms with E-state index in [9.17, 15) is 9.59 Å². The second-order valence-corrected chi connectivity index (χ2v) is 6.99. The number of carbonyl (C=O) groups excluding carboxylic acids is 2. The van der Waals surface area contributed by atoms with E-state index >= 15 is 0 Å². The molecular formula is C18H20N2O2S. The first kappa shape index (κ1) is 15.7. The van der Waals surface area contributed by atoms with Crippen molar-refractivity contribution in [2.24, 2.45) is 5.92 Å². The molecule has 120 valence electrons. The first-order chi connectivity index (χ1) is 11.1. The highest BCUT2D eigenvalue weighted by Crippen LogP contribution is 2.21. The lowest BCUT2D eigenvalue weighted by atomic mass is 10.1. The lowest BCUT2D eigenvalue weighted by Crippen LogP contribution is -2.32. The van der Waals surface area contributed by atoms with E-state index in [1.165, 1.54) is 5.56 Å². The van der Waals surface area contributed by atoms with Crippen LogP contribution in [0.25, 0.3) is 0 Å². The van der Waals surface area contributed by atoms with Gasteiger partial charge in [-0.25, -0.2) is 0 Å². The highest BCUT2D eigenvalue weighted by Gasteiger charge is 2.34. The molecule has 0 saturated carbocycles. The zero-order valence-electron chi connectivity index (χ0n) is 13.1. The topological polar surface area (TPSA) is 49.4 Å². The summed E-state index contributed by atoms with van der Waals surface area (Å²) in [6.45, 7) is 3.66. The van der Waals surface area contributed by atoms with E-state index in [0.717, 1.165) is 10.4 Å². The summed E-state index contributed by atoms with van der Waals surface area (Å²) in [4.78, 5) is 27.3. The molecule has 1 aliphatic heterocycles. The molecule has 0 bridgehead atoms. The molecule has 2 aromatic rings. The summed E-state index contributed by atoms with van der Waals surface area (Å²) in [6, 6.07) is 12.1. The Balaban J connectivity index is 1.54. The molecule has 1 atom stereocenters. The van der Waals surface area contributed by atoms with Gasteiger partial charge in [0.15, 0.2) is 0 Å². The smallest absolute Gasteiger partial charge is 0.225 e. The van der Waals surface area contributed by atoms with Crippen LogP contribution in [0.3, 0.4) is 0 Å². The maximum Gasteiger partial charge on any atom is 0.225 e. The summed E-state index contributed by atoms with van der Waals surface area (Å²) < 4.78 is 0. The molecule has 23 heavy (non-hydrogen) atoms. The van der Waals surface area contributed by atoms with Gasteiger partial charge in [0, 0.05) is 24.4 Å². The van der Waals surface area contributed by atoms with Gasteiger partial charge in [0.1, 0.15) is 0 Å². The van der Waals surface area contributed by atoms with Crippen LogP contribution in [-0.2, 0) is 22.7 Å². The van der Waals surface area contributed by atoms with Gasteiger partial charge in [-0.2, -0.15) is 0 Å². The number of thiophene rings is 1. The third kappa shape index (κ3) is 3.99. The van der Waals surface area contributed by atoms with E-state index in [1.54, 1.807) is 16.2 Å². The van der Waals surface area contributed by atoms with Gasteiger partial charge in [-0.05, 0) is 23.9 Å². The van der Waals surface area contributed by atoms with E-state index in [1.807, 2.05) is 48.7 Å². The van der Waals surface area contributed by atoms with Gasteiger partial charge in [-0.1, -0.05) is 35.9 Å². The first-order valence-electron chi connectivity index (χ1n) is 7.75. The Bertz CT molecular complexity index is 680. The van der Waals surface area contributed by atoms with E-state index in [2.05, 4.69) is 5.32 Å². The van der Waals surface area contributed by atoms with E-state index in [-0.39, 0.29) is 17.7 Å². The third-order valence-corrected chi connectivity index (χ3v) is 4.97. The molecule has 4 nitrogen and oxygen atoms in total. The quantitative estimate of drug-likeness (QED) is 0.917. The molecule has 1 aliphatic rings. The van der Waals surface area contributed by atoms with E-state index < -0.39 is 0 Å². The predicted octanol–water partition coefficient (Wildman–Crippen LogP) is 2.72. The summed E-state index contributed by atoms with van der Waals surface area (Å²) in [7, 11) is 0. The minimum absolute atomic E-state index is 0.0295. The fourth-order valence-corrected chi connectivity index (χ4v) is 3.39. The van der Waals surface area contributed by atoms with Crippen LogP contribution in [0.2, 0.25) is 0 Å². The number of likely N-dealkylation sites (tertiary alicyclic amines) is 1. The van der Waals surface area contributed by atoms with Crippen LogP contribution >= 0.6 is 11.3 Å². The van der Waals surface area contributed by atoms with E-state index in [4.69, 9.17) is 0 Å². The van der Waals surface area contributed by atoms with E-state index in [0.29, 0.717) is 26.1 Å². The van der Waals surface area contributed by atoms with Crippen LogP contribution in [0.1, 0.15) is 22.4 Å². The fourth-order valence-electron chi connectivity index (χ4n) is 2.75. The standard InChI is InChI=1S/C18H20N2O2S/c1-13-4-6-14(7-5-13)11-20-12-15(9-17(20)21)18(22)19-10-16-3-2-8-23-16/h2-8,15H,9-12H2,1H3,(H,19,22)/t15-/m0/s1. The Morgan fingerprint density at radius 1 is 1.30 bits per heavy atom. The summed E-state index contributed by atoms with van der Waals surface area (Å²) in [6.07, 6.45) is 0.308. The minimum Gasteiger partial charge on any atom is -0.351 e. The fraction of sp³-hybridized carbons (Fsp3) is 0.333. The Hall–Kier alpha value is -2.14. The lowest BCUT2D eigenvalue weighted by Gasteiger charge is -2.16. The summed E-state index contributed by atoms with van der Waals surface area (Å²) >= 11 is 1.62. The van der Waals surface area contributed by atoms with Crippen molar-refractivity contribution in [1.82, 2.24) is 10.2 Å². The van der Waals surface area contributed by atoms with Crippen LogP contribution in [0, 0.1) is 12.8 Å². The molecule has 3 rings (SSSR count). The second kappa shape index (κ2) is 6.96. The van der Waals surface area contributed by atoms with Crippen LogP contribution < -0.4 is 5.32 Å². The molecule has 1 saturated heterocycles. The molecular weight excluding hydrogens is 308 g/mol. The number of hydrogen-bond acceptors (Lipinski definition) is 3. The van der Waals surface area contributed by atoms with Crippen molar-refractivity contribution >= 4 is 23.2 Å². The maximum absolute atomic E-state index is 12.2. The number of benzene rings is 1. The van der Waals surface area contributed by atoms with Crippen molar-refractivity contribution in [2.75, 3.05) is 6.54 Å². The molecule has 2 heterocycles. The first-order valence-corrected chi connectivity index (χ1v) is 8.63. The molecule has 1 aromatic carbocycles. The number of aryl methyl sites for hydroxylation is 1. The summed E-state index contributed by atoms with van der Waals surface area (Å²) in [5.41, 5.74) is 2.30. The number of nitrogens with zero attached hydrogens (tertiary/aromatic N) is 1. The zero-order chi connectivity index (χ0) is 16.2.